The number of likely N-dealkylation sites (N-methyl/N-ethyl adjacent to an activating group) is 1. The summed E-state index contributed by atoms with van der Waals surface area (Å²) in [6.07, 6.45) is -0.436. The SMILES string of the molecule is CC(C)c1ccccc1OCC(O)CN1CCN(C)CC1. The number of nitrogens with zero attached hydrogens (tertiary/aromatic N) is 2. The summed E-state index contributed by atoms with van der Waals surface area (Å²) in [5, 5.41) is 10.2. The van der Waals surface area contributed by atoms with Crippen LogP contribution in [0.3, 0.4) is 0 Å². The molecule has 0 saturated carbocycles. The van der Waals surface area contributed by atoms with E-state index in [1.165, 1.54) is 5.56 Å². The lowest BCUT2D eigenvalue weighted by Gasteiger charge is -2.33. The highest BCUT2D eigenvalue weighted by Gasteiger charge is 2.17. The Bertz CT molecular complexity index is 429. The Morgan fingerprint density at radius 3 is 2.48 bits per heavy atom. The van der Waals surface area contributed by atoms with Crippen LogP contribution in [-0.2, 0) is 0 Å². The predicted octanol–water partition coefficient (Wildman–Crippen LogP) is 1.80. The van der Waals surface area contributed by atoms with Crippen molar-refractivity contribution in [1.82, 2.24) is 9.80 Å². The van der Waals surface area contributed by atoms with Crippen LogP contribution < -0.4 is 4.74 Å². The summed E-state index contributed by atoms with van der Waals surface area (Å²) in [4.78, 5) is 4.63. The van der Waals surface area contributed by atoms with Gasteiger partial charge in [0.25, 0.3) is 0 Å². The fraction of sp³-hybridized carbons (Fsp3) is 0.647. The van der Waals surface area contributed by atoms with Crippen molar-refractivity contribution in [1.29, 1.82) is 0 Å². The van der Waals surface area contributed by atoms with Gasteiger partial charge in [0.05, 0.1) is 0 Å². The third kappa shape index (κ3) is 4.99. The van der Waals surface area contributed by atoms with E-state index in [-0.39, 0.29) is 0 Å². The van der Waals surface area contributed by atoms with E-state index in [1.807, 2.05) is 18.2 Å². The molecule has 4 nitrogen and oxygen atoms in total. The Morgan fingerprint density at radius 1 is 1.14 bits per heavy atom. The molecule has 0 spiro atoms. The van der Waals surface area contributed by atoms with E-state index < -0.39 is 6.10 Å². The molecule has 1 atom stereocenters. The lowest BCUT2D eigenvalue weighted by atomic mass is 10.0. The molecule has 1 fully saturated rings. The first-order chi connectivity index (χ1) is 10.1. The van der Waals surface area contributed by atoms with Crippen LogP contribution >= 0.6 is 0 Å². The summed E-state index contributed by atoms with van der Waals surface area (Å²) < 4.78 is 5.84. The Hall–Kier alpha value is -1.10. The predicted molar refractivity (Wildman–Crippen MR) is 86.0 cm³/mol. The summed E-state index contributed by atoms with van der Waals surface area (Å²) >= 11 is 0. The van der Waals surface area contributed by atoms with Crippen LogP contribution in [-0.4, -0.2) is 67.4 Å². The van der Waals surface area contributed by atoms with Gasteiger partial charge in [0, 0.05) is 32.7 Å². The standard InChI is InChI=1S/C17H28N2O2/c1-14(2)16-6-4-5-7-17(16)21-13-15(20)12-19-10-8-18(3)9-11-19/h4-7,14-15,20H,8-13H2,1-3H3. The Balaban J connectivity index is 1.80. The highest BCUT2D eigenvalue weighted by Crippen LogP contribution is 2.25. The minimum atomic E-state index is -0.436. The van der Waals surface area contributed by atoms with Crippen LogP contribution in [0.5, 0.6) is 5.75 Å². The number of hydrogen-bond acceptors (Lipinski definition) is 4. The van der Waals surface area contributed by atoms with Crippen LogP contribution in [0, 0.1) is 0 Å². The summed E-state index contributed by atoms with van der Waals surface area (Å²) in [6, 6.07) is 8.08. The summed E-state index contributed by atoms with van der Waals surface area (Å²) in [5.41, 5.74) is 1.20. The van der Waals surface area contributed by atoms with E-state index in [1.54, 1.807) is 0 Å². The van der Waals surface area contributed by atoms with Crippen molar-refractivity contribution in [2.75, 3.05) is 46.4 Å². The number of piperazine rings is 1. The second-order valence-electron chi connectivity index (χ2n) is 6.26. The molecule has 0 aromatic heterocycles. The van der Waals surface area contributed by atoms with Gasteiger partial charge in [0.2, 0.25) is 0 Å². The third-order valence-electron chi connectivity index (χ3n) is 4.04. The monoisotopic (exact) mass is 292 g/mol. The van der Waals surface area contributed by atoms with E-state index >= 15 is 0 Å². The lowest BCUT2D eigenvalue weighted by Crippen LogP contribution is -2.47. The maximum atomic E-state index is 10.2. The van der Waals surface area contributed by atoms with Gasteiger partial charge in [-0.1, -0.05) is 32.0 Å². The summed E-state index contributed by atoms with van der Waals surface area (Å²) in [6.45, 7) is 9.55. The van der Waals surface area contributed by atoms with Crippen molar-refractivity contribution in [3.05, 3.63) is 29.8 Å². The number of benzene rings is 1. The van der Waals surface area contributed by atoms with Crippen LogP contribution in [0.1, 0.15) is 25.3 Å². The molecule has 1 aliphatic heterocycles. The molecule has 1 heterocycles. The number of hydrogen-bond donors (Lipinski definition) is 1. The van der Waals surface area contributed by atoms with Gasteiger partial charge < -0.3 is 14.7 Å². The Morgan fingerprint density at radius 2 is 1.81 bits per heavy atom. The summed E-state index contributed by atoms with van der Waals surface area (Å²) in [7, 11) is 2.14. The molecule has 0 radical (unpaired) electrons. The number of para-hydroxylation sites is 1. The molecule has 1 aliphatic rings. The van der Waals surface area contributed by atoms with Crippen LogP contribution in [0.25, 0.3) is 0 Å². The number of aliphatic hydroxyl groups excluding tert-OH is 1. The molecule has 118 valence electrons. The smallest absolute Gasteiger partial charge is 0.122 e. The van der Waals surface area contributed by atoms with Gasteiger partial charge in [-0.05, 0) is 24.6 Å². The fourth-order valence-corrected chi connectivity index (χ4v) is 2.66. The molecule has 0 bridgehead atoms. The van der Waals surface area contributed by atoms with Gasteiger partial charge in [-0.3, -0.25) is 4.90 Å². The van der Waals surface area contributed by atoms with Crippen molar-refractivity contribution in [3.63, 3.8) is 0 Å². The molecule has 1 saturated heterocycles. The first kappa shape index (κ1) is 16.3. The Labute approximate surface area is 128 Å². The molecule has 1 aromatic carbocycles. The molecule has 1 N–H and O–H groups in total. The van der Waals surface area contributed by atoms with Crippen molar-refractivity contribution in [2.45, 2.75) is 25.9 Å². The van der Waals surface area contributed by atoms with Crippen LogP contribution in [0.4, 0.5) is 0 Å². The second-order valence-corrected chi connectivity index (χ2v) is 6.26. The topological polar surface area (TPSA) is 35.9 Å². The van der Waals surface area contributed by atoms with Gasteiger partial charge in [-0.2, -0.15) is 0 Å². The molecule has 2 rings (SSSR count). The normalized spacial score (nSPS) is 18.9. The van der Waals surface area contributed by atoms with Crippen molar-refractivity contribution in [2.24, 2.45) is 0 Å². The van der Waals surface area contributed by atoms with E-state index in [2.05, 4.69) is 36.8 Å². The van der Waals surface area contributed by atoms with Gasteiger partial charge >= 0.3 is 0 Å². The minimum absolute atomic E-state index is 0.357. The molecule has 1 unspecified atom stereocenters. The number of β-amino-alcohol motifs (C(OH)–C–C–N with tert-alkyl or cyclic N) is 1. The van der Waals surface area contributed by atoms with E-state index in [9.17, 15) is 5.11 Å². The van der Waals surface area contributed by atoms with Crippen molar-refractivity contribution >= 4 is 0 Å². The molecule has 0 aliphatic carbocycles. The molecule has 4 heteroatoms. The first-order valence-electron chi connectivity index (χ1n) is 7.87. The largest absolute Gasteiger partial charge is 0.491 e. The highest BCUT2D eigenvalue weighted by molar-refractivity contribution is 5.35. The van der Waals surface area contributed by atoms with E-state index in [4.69, 9.17) is 4.74 Å². The van der Waals surface area contributed by atoms with Gasteiger partial charge in [0.1, 0.15) is 18.5 Å². The fourth-order valence-electron chi connectivity index (χ4n) is 2.66. The molecular weight excluding hydrogens is 264 g/mol. The first-order valence-corrected chi connectivity index (χ1v) is 7.87. The van der Waals surface area contributed by atoms with Gasteiger partial charge in [-0.25, -0.2) is 0 Å². The third-order valence-corrected chi connectivity index (χ3v) is 4.04. The quantitative estimate of drug-likeness (QED) is 0.867. The second kappa shape index (κ2) is 7.78. The minimum Gasteiger partial charge on any atom is -0.491 e. The average molecular weight is 292 g/mol. The van der Waals surface area contributed by atoms with Crippen LogP contribution in [0.15, 0.2) is 24.3 Å². The van der Waals surface area contributed by atoms with Gasteiger partial charge in [0.15, 0.2) is 0 Å². The molecule has 1 aromatic rings. The maximum Gasteiger partial charge on any atom is 0.122 e. The zero-order valence-electron chi connectivity index (χ0n) is 13.5. The van der Waals surface area contributed by atoms with Crippen molar-refractivity contribution in [3.8, 4) is 5.75 Å². The van der Waals surface area contributed by atoms with Crippen LogP contribution in [0.2, 0.25) is 0 Å². The zero-order valence-corrected chi connectivity index (χ0v) is 13.5. The number of rotatable bonds is 6. The van der Waals surface area contributed by atoms with Gasteiger partial charge in [-0.15, -0.1) is 0 Å². The molecule has 21 heavy (non-hydrogen) atoms. The maximum absolute atomic E-state index is 10.2. The molecular formula is C17H28N2O2. The van der Waals surface area contributed by atoms with Crippen molar-refractivity contribution < 1.29 is 9.84 Å². The highest BCUT2D eigenvalue weighted by atomic mass is 16.5. The van der Waals surface area contributed by atoms with E-state index in [0.29, 0.717) is 19.1 Å². The zero-order chi connectivity index (χ0) is 15.2. The molecule has 0 amide bonds. The number of ether oxygens (including phenoxy) is 1. The summed E-state index contributed by atoms with van der Waals surface area (Å²) in [5.74, 6) is 1.32. The average Bonchev–Trinajstić information content (AvgIpc) is 2.48. The lowest BCUT2D eigenvalue weighted by molar-refractivity contribution is 0.0502. The Kier molecular flexibility index (Phi) is 6.03. The number of aliphatic hydroxyl groups is 1. The van der Waals surface area contributed by atoms with E-state index in [0.717, 1.165) is 31.9 Å².